The van der Waals surface area contributed by atoms with Gasteiger partial charge in [-0.25, -0.2) is 8.78 Å². The largest absolute Gasteiger partial charge is 0.389 e. The lowest BCUT2D eigenvalue weighted by Crippen LogP contribution is -2.14. The fourth-order valence-corrected chi connectivity index (χ4v) is 2.33. The zero-order valence-electron chi connectivity index (χ0n) is 10.3. The topological polar surface area (TPSA) is 38.0 Å². The first-order valence-corrected chi connectivity index (χ1v) is 6.54. The molecule has 0 saturated heterocycles. The average molecular weight is 313 g/mol. The molecule has 0 aliphatic carbocycles. The molecule has 0 aliphatic heterocycles. The highest BCUT2D eigenvalue weighted by atomic mass is 35.5. The van der Waals surface area contributed by atoms with E-state index in [9.17, 15) is 8.78 Å². The molecule has 2 rings (SSSR count). The number of hydrogen-bond acceptors (Lipinski definition) is 2. The minimum absolute atomic E-state index is 0.151. The van der Waals surface area contributed by atoms with Crippen molar-refractivity contribution in [1.82, 2.24) is 0 Å². The van der Waals surface area contributed by atoms with Gasteiger partial charge in [-0.05, 0) is 18.2 Å². The molecule has 0 amide bonds. The van der Waals surface area contributed by atoms with Crippen molar-refractivity contribution >= 4 is 34.5 Å². The van der Waals surface area contributed by atoms with Gasteiger partial charge >= 0.3 is 0 Å². The Balaban J connectivity index is 2.23. The quantitative estimate of drug-likeness (QED) is 0.842. The first kappa shape index (κ1) is 14.7. The third kappa shape index (κ3) is 3.23. The van der Waals surface area contributed by atoms with Crippen molar-refractivity contribution in [3.63, 3.8) is 0 Å². The first-order valence-electron chi connectivity index (χ1n) is 5.75. The van der Waals surface area contributed by atoms with E-state index in [4.69, 9.17) is 29.6 Å². The van der Waals surface area contributed by atoms with Crippen molar-refractivity contribution in [2.75, 3.05) is 5.32 Å². The SMILES string of the molecule is NC(=S)c1c(Cl)cccc1NCc1ccc(F)cc1F. The maximum atomic E-state index is 13.5. The lowest BCUT2D eigenvalue weighted by molar-refractivity contribution is 0.574. The Morgan fingerprint density at radius 1 is 1.25 bits per heavy atom. The van der Waals surface area contributed by atoms with E-state index < -0.39 is 11.6 Å². The van der Waals surface area contributed by atoms with Crippen LogP contribution in [0.5, 0.6) is 0 Å². The molecule has 3 N–H and O–H groups in total. The molecule has 0 saturated carbocycles. The summed E-state index contributed by atoms with van der Waals surface area (Å²) in [6.07, 6.45) is 0. The van der Waals surface area contributed by atoms with Crippen LogP contribution in [0.15, 0.2) is 36.4 Å². The molecule has 2 aromatic carbocycles. The molecule has 0 aliphatic rings. The van der Waals surface area contributed by atoms with Crippen LogP contribution in [0.1, 0.15) is 11.1 Å². The van der Waals surface area contributed by atoms with Gasteiger partial charge in [-0.2, -0.15) is 0 Å². The van der Waals surface area contributed by atoms with Crippen molar-refractivity contribution in [2.24, 2.45) is 5.73 Å². The smallest absolute Gasteiger partial charge is 0.131 e. The number of rotatable bonds is 4. The Kier molecular flexibility index (Phi) is 4.52. The van der Waals surface area contributed by atoms with E-state index >= 15 is 0 Å². The third-order valence-electron chi connectivity index (χ3n) is 2.74. The molecule has 20 heavy (non-hydrogen) atoms. The van der Waals surface area contributed by atoms with Crippen LogP contribution in [0.4, 0.5) is 14.5 Å². The molecule has 6 heteroatoms. The second kappa shape index (κ2) is 6.15. The third-order valence-corrected chi connectivity index (χ3v) is 3.26. The molecule has 0 aromatic heterocycles. The number of anilines is 1. The van der Waals surface area contributed by atoms with Crippen molar-refractivity contribution < 1.29 is 8.78 Å². The summed E-state index contributed by atoms with van der Waals surface area (Å²) in [5, 5.41) is 3.42. The van der Waals surface area contributed by atoms with Crippen LogP contribution in [-0.4, -0.2) is 4.99 Å². The molecule has 2 aromatic rings. The van der Waals surface area contributed by atoms with Crippen molar-refractivity contribution in [3.05, 3.63) is 64.2 Å². The summed E-state index contributed by atoms with van der Waals surface area (Å²) >= 11 is 11.0. The molecular formula is C14H11ClF2N2S. The van der Waals surface area contributed by atoms with Crippen LogP contribution in [0, 0.1) is 11.6 Å². The fourth-order valence-electron chi connectivity index (χ4n) is 1.78. The Morgan fingerprint density at radius 3 is 2.65 bits per heavy atom. The number of nitrogens with one attached hydrogen (secondary N) is 1. The van der Waals surface area contributed by atoms with Crippen molar-refractivity contribution in [3.8, 4) is 0 Å². The summed E-state index contributed by atoms with van der Waals surface area (Å²) in [7, 11) is 0. The van der Waals surface area contributed by atoms with Gasteiger partial charge in [0.05, 0.1) is 10.6 Å². The van der Waals surface area contributed by atoms with Crippen LogP contribution >= 0.6 is 23.8 Å². The van der Waals surface area contributed by atoms with Crippen LogP contribution < -0.4 is 11.1 Å². The van der Waals surface area contributed by atoms with Gasteiger partial charge in [0.15, 0.2) is 0 Å². The summed E-state index contributed by atoms with van der Waals surface area (Å²) < 4.78 is 26.4. The van der Waals surface area contributed by atoms with E-state index in [1.165, 1.54) is 12.1 Å². The number of halogens is 3. The molecule has 2 nitrogen and oxygen atoms in total. The summed E-state index contributed by atoms with van der Waals surface area (Å²) in [5.41, 5.74) is 7.06. The Labute approximate surface area is 125 Å². The van der Waals surface area contributed by atoms with Gasteiger partial charge in [-0.1, -0.05) is 36.0 Å². The zero-order valence-corrected chi connectivity index (χ0v) is 11.9. The first-order chi connectivity index (χ1) is 9.49. The van der Waals surface area contributed by atoms with Gasteiger partial charge in [-0.15, -0.1) is 0 Å². The summed E-state index contributed by atoms with van der Waals surface area (Å²) in [5.74, 6) is -1.23. The highest BCUT2D eigenvalue weighted by Crippen LogP contribution is 2.25. The highest BCUT2D eigenvalue weighted by Gasteiger charge is 2.10. The van der Waals surface area contributed by atoms with Gasteiger partial charge < -0.3 is 11.1 Å². The predicted molar refractivity (Wildman–Crippen MR) is 81.0 cm³/mol. The van der Waals surface area contributed by atoms with Crippen molar-refractivity contribution in [2.45, 2.75) is 6.54 Å². The lowest BCUT2D eigenvalue weighted by Gasteiger charge is -2.13. The van der Waals surface area contributed by atoms with Gasteiger partial charge in [0.2, 0.25) is 0 Å². The molecule has 0 unspecified atom stereocenters. The standard InChI is InChI=1S/C14H11ClF2N2S/c15-10-2-1-3-12(13(10)14(18)20)19-7-8-4-5-9(16)6-11(8)17/h1-6,19H,7H2,(H2,18,20). The van der Waals surface area contributed by atoms with Crippen molar-refractivity contribution in [1.29, 1.82) is 0 Å². The minimum atomic E-state index is -0.614. The normalized spacial score (nSPS) is 10.3. The van der Waals surface area contributed by atoms with Gasteiger partial charge in [0.1, 0.15) is 16.6 Å². The number of hydrogen-bond donors (Lipinski definition) is 2. The van der Waals surface area contributed by atoms with Crippen LogP contribution in [0.25, 0.3) is 0 Å². The van der Waals surface area contributed by atoms with E-state index in [0.29, 0.717) is 21.8 Å². The second-order valence-electron chi connectivity index (χ2n) is 4.12. The van der Waals surface area contributed by atoms with Gasteiger partial charge in [-0.3, -0.25) is 0 Å². The van der Waals surface area contributed by atoms with E-state index in [2.05, 4.69) is 5.32 Å². The Hall–Kier alpha value is -1.72. The molecule has 0 fully saturated rings. The predicted octanol–water partition coefficient (Wildman–Crippen LogP) is 3.86. The number of nitrogens with two attached hydrogens (primary N) is 1. The number of thiocarbonyl (C=S) groups is 1. The maximum Gasteiger partial charge on any atom is 0.131 e. The fraction of sp³-hybridized carbons (Fsp3) is 0.0714. The number of benzene rings is 2. The van der Waals surface area contributed by atoms with E-state index in [1.54, 1.807) is 18.2 Å². The highest BCUT2D eigenvalue weighted by molar-refractivity contribution is 7.80. The molecule has 0 bridgehead atoms. The Bertz CT molecular complexity index is 662. The van der Waals surface area contributed by atoms with E-state index in [0.717, 1.165) is 6.07 Å². The molecule has 0 atom stereocenters. The minimum Gasteiger partial charge on any atom is -0.389 e. The summed E-state index contributed by atoms with van der Waals surface area (Å²) in [6, 6.07) is 8.55. The van der Waals surface area contributed by atoms with Gasteiger partial charge in [0, 0.05) is 23.9 Å². The van der Waals surface area contributed by atoms with Crippen LogP contribution in [0.2, 0.25) is 5.02 Å². The summed E-state index contributed by atoms with van der Waals surface area (Å²) in [6.45, 7) is 0.169. The van der Waals surface area contributed by atoms with Gasteiger partial charge in [0.25, 0.3) is 0 Å². The monoisotopic (exact) mass is 312 g/mol. The van der Waals surface area contributed by atoms with E-state index in [1.807, 2.05) is 0 Å². The molecule has 0 spiro atoms. The van der Waals surface area contributed by atoms with E-state index in [-0.39, 0.29) is 11.5 Å². The van der Waals surface area contributed by atoms with Crippen LogP contribution in [-0.2, 0) is 6.54 Å². The second-order valence-corrected chi connectivity index (χ2v) is 4.96. The molecule has 104 valence electrons. The maximum absolute atomic E-state index is 13.5. The summed E-state index contributed by atoms with van der Waals surface area (Å²) in [4.78, 5) is 0.151. The zero-order chi connectivity index (χ0) is 14.7. The lowest BCUT2D eigenvalue weighted by atomic mass is 10.1. The average Bonchev–Trinajstić information content (AvgIpc) is 2.37. The molecule has 0 heterocycles. The van der Waals surface area contributed by atoms with Crippen LogP contribution in [0.3, 0.4) is 0 Å². The Morgan fingerprint density at radius 2 is 2.00 bits per heavy atom. The molecular weight excluding hydrogens is 302 g/mol. The molecule has 0 radical (unpaired) electrons.